The maximum atomic E-state index is 11.3. The van der Waals surface area contributed by atoms with Crippen molar-refractivity contribution in [2.75, 3.05) is 19.7 Å². The lowest BCUT2D eigenvalue weighted by molar-refractivity contribution is -0.144. The topological polar surface area (TPSA) is 98.7 Å². The standard InChI is InChI=1S/C10H19N3O3/c1-2-16-9(14)4-7-3-8(11)6-13(5-7)10(12)15/h7-8H,2-6,11H2,1H3,(H2,12,15). The summed E-state index contributed by atoms with van der Waals surface area (Å²) in [6.07, 6.45) is 1.02. The second-order valence-corrected chi connectivity index (χ2v) is 4.11. The number of likely N-dealkylation sites (tertiary alicyclic amines) is 1. The normalized spacial score (nSPS) is 25.2. The lowest BCUT2D eigenvalue weighted by Gasteiger charge is -2.34. The quantitative estimate of drug-likeness (QED) is 0.647. The molecule has 1 saturated heterocycles. The average Bonchev–Trinajstić information content (AvgIpc) is 2.16. The van der Waals surface area contributed by atoms with Gasteiger partial charge in [-0.1, -0.05) is 0 Å². The van der Waals surface area contributed by atoms with E-state index in [1.54, 1.807) is 6.92 Å². The number of amides is 2. The highest BCUT2D eigenvalue weighted by molar-refractivity contribution is 5.73. The van der Waals surface area contributed by atoms with E-state index >= 15 is 0 Å². The van der Waals surface area contributed by atoms with Gasteiger partial charge < -0.3 is 21.1 Å². The van der Waals surface area contributed by atoms with Crippen LogP contribution >= 0.6 is 0 Å². The number of urea groups is 1. The van der Waals surface area contributed by atoms with E-state index in [2.05, 4.69) is 0 Å². The zero-order chi connectivity index (χ0) is 12.1. The van der Waals surface area contributed by atoms with Gasteiger partial charge in [-0.25, -0.2) is 4.79 Å². The van der Waals surface area contributed by atoms with Crippen molar-refractivity contribution in [2.24, 2.45) is 17.4 Å². The summed E-state index contributed by atoms with van der Waals surface area (Å²) in [5, 5.41) is 0. The van der Waals surface area contributed by atoms with Crippen molar-refractivity contribution in [1.82, 2.24) is 4.90 Å². The van der Waals surface area contributed by atoms with Crippen LogP contribution in [0.15, 0.2) is 0 Å². The molecule has 0 radical (unpaired) electrons. The summed E-state index contributed by atoms with van der Waals surface area (Å²) in [5.74, 6) is -0.193. The Morgan fingerprint density at radius 1 is 1.44 bits per heavy atom. The molecule has 1 fully saturated rings. The number of carbonyl (C=O) groups excluding carboxylic acids is 2. The van der Waals surface area contributed by atoms with Crippen molar-refractivity contribution in [1.29, 1.82) is 0 Å². The summed E-state index contributed by atoms with van der Waals surface area (Å²) in [6.45, 7) is 3.09. The summed E-state index contributed by atoms with van der Waals surface area (Å²) in [4.78, 5) is 23.8. The van der Waals surface area contributed by atoms with Gasteiger partial charge in [0.05, 0.1) is 13.0 Å². The Hall–Kier alpha value is -1.30. The summed E-state index contributed by atoms with van der Waals surface area (Å²) < 4.78 is 4.86. The van der Waals surface area contributed by atoms with Crippen molar-refractivity contribution in [3.63, 3.8) is 0 Å². The molecular formula is C10H19N3O3. The molecule has 1 aliphatic heterocycles. The highest BCUT2D eigenvalue weighted by Gasteiger charge is 2.28. The first-order valence-corrected chi connectivity index (χ1v) is 5.48. The molecule has 92 valence electrons. The van der Waals surface area contributed by atoms with Gasteiger partial charge in [0.1, 0.15) is 0 Å². The summed E-state index contributed by atoms with van der Waals surface area (Å²) >= 11 is 0. The molecule has 0 spiro atoms. The smallest absolute Gasteiger partial charge is 0.314 e. The molecule has 0 aromatic heterocycles. The van der Waals surface area contributed by atoms with Crippen molar-refractivity contribution in [3.05, 3.63) is 0 Å². The van der Waals surface area contributed by atoms with Crippen molar-refractivity contribution in [2.45, 2.75) is 25.8 Å². The van der Waals surface area contributed by atoms with E-state index in [9.17, 15) is 9.59 Å². The van der Waals surface area contributed by atoms with Crippen molar-refractivity contribution >= 4 is 12.0 Å². The van der Waals surface area contributed by atoms with Crippen LogP contribution in [-0.2, 0) is 9.53 Å². The minimum absolute atomic E-state index is 0.0512. The lowest BCUT2D eigenvalue weighted by Crippen LogP contribution is -2.51. The maximum absolute atomic E-state index is 11.3. The molecule has 0 saturated carbocycles. The van der Waals surface area contributed by atoms with Gasteiger partial charge in [-0.3, -0.25) is 4.79 Å². The number of hydrogen-bond acceptors (Lipinski definition) is 4. The molecule has 0 aliphatic carbocycles. The van der Waals surface area contributed by atoms with Crippen LogP contribution in [-0.4, -0.2) is 42.6 Å². The van der Waals surface area contributed by atoms with Gasteiger partial charge in [0.25, 0.3) is 0 Å². The van der Waals surface area contributed by atoms with Gasteiger partial charge in [-0.05, 0) is 19.3 Å². The minimum atomic E-state index is -0.482. The van der Waals surface area contributed by atoms with Crippen molar-refractivity contribution < 1.29 is 14.3 Å². The van der Waals surface area contributed by atoms with Crippen LogP contribution in [0.4, 0.5) is 4.79 Å². The molecule has 1 aliphatic rings. The van der Waals surface area contributed by atoms with E-state index in [1.807, 2.05) is 0 Å². The van der Waals surface area contributed by atoms with Crippen LogP contribution < -0.4 is 11.5 Å². The molecule has 1 rings (SSSR count). The van der Waals surface area contributed by atoms with Gasteiger partial charge in [-0.15, -0.1) is 0 Å². The molecule has 2 unspecified atom stereocenters. The number of hydrogen-bond donors (Lipinski definition) is 2. The summed E-state index contributed by atoms with van der Waals surface area (Å²) in [6, 6.07) is -0.593. The Balaban J connectivity index is 2.47. The molecule has 2 amide bonds. The van der Waals surface area contributed by atoms with Gasteiger partial charge in [0, 0.05) is 19.1 Å². The highest BCUT2D eigenvalue weighted by Crippen LogP contribution is 2.19. The average molecular weight is 229 g/mol. The first kappa shape index (κ1) is 12.8. The SMILES string of the molecule is CCOC(=O)CC1CC(N)CN(C(N)=O)C1. The monoisotopic (exact) mass is 229 g/mol. The van der Waals surface area contributed by atoms with Crippen LogP contribution in [0.2, 0.25) is 0 Å². The fraction of sp³-hybridized carbons (Fsp3) is 0.800. The molecule has 0 aromatic rings. The number of nitrogens with two attached hydrogens (primary N) is 2. The van der Waals surface area contributed by atoms with E-state index in [-0.39, 0.29) is 17.9 Å². The lowest BCUT2D eigenvalue weighted by atomic mass is 9.92. The zero-order valence-electron chi connectivity index (χ0n) is 9.52. The molecule has 1 heterocycles. The Kier molecular flexibility index (Phi) is 4.54. The molecule has 6 heteroatoms. The van der Waals surface area contributed by atoms with E-state index < -0.39 is 6.03 Å². The number of rotatable bonds is 3. The third kappa shape index (κ3) is 3.69. The molecule has 6 nitrogen and oxygen atoms in total. The van der Waals surface area contributed by atoms with E-state index in [4.69, 9.17) is 16.2 Å². The van der Waals surface area contributed by atoms with Crippen LogP contribution in [0.1, 0.15) is 19.8 Å². The highest BCUT2D eigenvalue weighted by atomic mass is 16.5. The van der Waals surface area contributed by atoms with Gasteiger partial charge in [0.15, 0.2) is 0 Å². The second-order valence-electron chi connectivity index (χ2n) is 4.11. The summed E-state index contributed by atoms with van der Waals surface area (Å²) in [5.41, 5.74) is 11.0. The fourth-order valence-corrected chi connectivity index (χ4v) is 2.03. The number of ether oxygens (including phenoxy) is 1. The van der Waals surface area contributed by atoms with Crippen LogP contribution in [0, 0.1) is 5.92 Å². The molecular weight excluding hydrogens is 210 g/mol. The number of carbonyl (C=O) groups is 2. The molecule has 0 aromatic carbocycles. The van der Waals surface area contributed by atoms with Gasteiger partial charge in [0.2, 0.25) is 0 Å². The second kappa shape index (κ2) is 5.69. The Labute approximate surface area is 94.9 Å². The molecule has 4 N–H and O–H groups in total. The van der Waals surface area contributed by atoms with E-state index in [0.717, 1.165) is 6.42 Å². The third-order valence-corrected chi connectivity index (χ3v) is 2.64. The predicted molar refractivity (Wildman–Crippen MR) is 58.5 cm³/mol. The van der Waals surface area contributed by atoms with Crippen LogP contribution in [0.3, 0.4) is 0 Å². The first-order valence-electron chi connectivity index (χ1n) is 5.48. The molecule has 0 bridgehead atoms. The summed E-state index contributed by atoms with van der Waals surface area (Å²) in [7, 11) is 0. The Morgan fingerprint density at radius 3 is 2.69 bits per heavy atom. The first-order chi connectivity index (χ1) is 7.52. The third-order valence-electron chi connectivity index (χ3n) is 2.64. The van der Waals surface area contributed by atoms with Gasteiger partial charge in [-0.2, -0.15) is 0 Å². The fourth-order valence-electron chi connectivity index (χ4n) is 2.03. The Morgan fingerprint density at radius 2 is 2.12 bits per heavy atom. The van der Waals surface area contributed by atoms with Crippen LogP contribution in [0.25, 0.3) is 0 Å². The maximum Gasteiger partial charge on any atom is 0.314 e. The molecule has 16 heavy (non-hydrogen) atoms. The molecule has 2 atom stereocenters. The Bertz CT molecular complexity index is 270. The van der Waals surface area contributed by atoms with Crippen molar-refractivity contribution in [3.8, 4) is 0 Å². The number of primary amides is 1. The zero-order valence-corrected chi connectivity index (χ0v) is 9.52. The van der Waals surface area contributed by atoms with E-state index in [0.29, 0.717) is 26.1 Å². The largest absolute Gasteiger partial charge is 0.466 e. The minimum Gasteiger partial charge on any atom is -0.466 e. The van der Waals surface area contributed by atoms with E-state index in [1.165, 1.54) is 4.90 Å². The number of esters is 1. The number of piperidine rings is 1. The predicted octanol–water partition coefficient (Wildman–Crippen LogP) is -0.332. The number of nitrogens with zero attached hydrogens (tertiary/aromatic N) is 1. The van der Waals surface area contributed by atoms with Gasteiger partial charge >= 0.3 is 12.0 Å². The van der Waals surface area contributed by atoms with Crippen LogP contribution in [0.5, 0.6) is 0 Å².